The first-order chi connectivity index (χ1) is 6.04. The van der Waals surface area contributed by atoms with Crippen molar-refractivity contribution >= 4 is 5.97 Å². The molecule has 0 spiro atoms. The molecule has 0 aromatic rings. The van der Waals surface area contributed by atoms with Gasteiger partial charge in [0.15, 0.2) is 0 Å². The molecule has 0 radical (unpaired) electrons. The van der Waals surface area contributed by atoms with Crippen molar-refractivity contribution in [2.24, 2.45) is 23.2 Å². The molecule has 0 aromatic carbocycles. The number of fused-ring (bicyclic) bond motifs is 2. The molecule has 2 saturated carbocycles. The van der Waals surface area contributed by atoms with Gasteiger partial charge in [-0.15, -0.1) is 0 Å². The highest BCUT2D eigenvalue weighted by Gasteiger charge is 2.53. The molecule has 2 bridgehead atoms. The number of hydrogen-bond acceptors (Lipinski definition) is 1. The lowest BCUT2D eigenvalue weighted by Gasteiger charge is -2.38. The third-order valence-electron chi connectivity index (χ3n) is 4.69. The molecule has 2 heteroatoms. The van der Waals surface area contributed by atoms with Crippen molar-refractivity contribution in [3.8, 4) is 0 Å². The first kappa shape index (κ1) is 9.04. The fourth-order valence-corrected chi connectivity index (χ4v) is 3.61. The Morgan fingerprint density at radius 2 is 2.23 bits per heavy atom. The van der Waals surface area contributed by atoms with Crippen LogP contribution in [0.2, 0.25) is 0 Å². The first-order valence-corrected chi connectivity index (χ1v) is 5.26. The largest absolute Gasteiger partial charge is 0.481 e. The Balaban J connectivity index is 2.17. The Bertz CT molecular complexity index is 232. The summed E-state index contributed by atoms with van der Waals surface area (Å²) in [5.74, 6) is 1.49. The van der Waals surface area contributed by atoms with E-state index < -0.39 is 5.97 Å². The molecule has 0 heterocycles. The van der Waals surface area contributed by atoms with E-state index in [0.29, 0.717) is 18.3 Å². The number of carboxylic acids is 1. The lowest BCUT2D eigenvalue weighted by molar-refractivity contribution is -0.141. The van der Waals surface area contributed by atoms with Gasteiger partial charge >= 0.3 is 5.97 Å². The molecular formula is C11H18O2. The van der Waals surface area contributed by atoms with Gasteiger partial charge in [0, 0.05) is 0 Å². The van der Waals surface area contributed by atoms with Crippen LogP contribution in [0.15, 0.2) is 0 Å². The number of rotatable bonds is 2. The topological polar surface area (TPSA) is 37.3 Å². The molecule has 4 atom stereocenters. The molecule has 1 N–H and O–H groups in total. The summed E-state index contributed by atoms with van der Waals surface area (Å²) in [5.41, 5.74) is 0.0920. The Labute approximate surface area is 79.3 Å². The monoisotopic (exact) mass is 182 g/mol. The molecule has 13 heavy (non-hydrogen) atoms. The highest BCUT2D eigenvalue weighted by molar-refractivity contribution is 5.68. The van der Waals surface area contributed by atoms with E-state index in [2.05, 4.69) is 13.8 Å². The van der Waals surface area contributed by atoms with Gasteiger partial charge in [0.25, 0.3) is 0 Å². The average Bonchev–Trinajstić information content (AvgIpc) is 2.54. The van der Waals surface area contributed by atoms with Crippen LogP contribution in [0.5, 0.6) is 0 Å². The minimum atomic E-state index is -0.623. The molecule has 2 rings (SSSR count). The molecule has 2 aliphatic carbocycles. The second kappa shape index (κ2) is 2.73. The third-order valence-corrected chi connectivity index (χ3v) is 4.69. The smallest absolute Gasteiger partial charge is 0.303 e. The maximum atomic E-state index is 10.8. The third kappa shape index (κ3) is 1.18. The average molecular weight is 182 g/mol. The Kier molecular flexibility index (Phi) is 1.90. The van der Waals surface area contributed by atoms with Crippen LogP contribution < -0.4 is 0 Å². The van der Waals surface area contributed by atoms with Crippen LogP contribution >= 0.6 is 0 Å². The minimum absolute atomic E-state index is 0.0920. The van der Waals surface area contributed by atoms with E-state index in [4.69, 9.17) is 5.11 Å². The van der Waals surface area contributed by atoms with Crippen LogP contribution in [-0.4, -0.2) is 11.1 Å². The zero-order chi connectivity index (χ0) is 9.64. The molecule has 2 fully saturated rings. The van der Waals surface area contributed by atoms with Gasteiger partial charge in [-0.1, -0.05) is 13.8 Å². The van der Waals surface area contributed by atoms with Gasteiger partial charge in [-0.05, 0) is 42.4 Å². The van der Waals surface area contributed by atoms with Gasteiger partial charge in [0.2, 0.25) is 0 Å². The maximum Gasteiger partial charge on any atom is 0.303 e. The summed E-state index contributed by atoms with van der Waals surface area (Å²) in [7, 11) is 0. The number of hydrogen-bond donors (Lipinski definition) is 1. The van der Waals surface area contributed by atoms with Crippen LogP contribution in [0.25, 0.3) is 0 Å². The van der Waals surface area contributed by atoms with E-state index in [9.17, 15) is 4.79 Å². The fraction of sp³-hybridized carbons (Fsp3) is 0.909. The summed E-state index contributed by atoms with van der Waals surface area (Å²) in [4.78, 5) is 10.8. The number of carboxylic acid groups (broad SMARTS) is 1. The zero-order valence-electron chi connectivity index (χ0n) is 8.42. The molecular weight excluding hydrogens is 164 g/mol. The molecule has 2 aliphatic rings. The molecule has 0 aromatic heterocycles. The summed E-state index contributed by atoms with van der Waals surface area (Å²) in [6.07, 6.45) is 4.25. The normalized spacial score (nSPS) is 48.3. The van der Waals surface area contributed by atoms with Crippen LogP contribution in [0.3, 0.4) is 0 Å². The van der Waals surface area contributed by atoms with E-state index in [0.717, 1.165) is 5.92 Å². The quantitative estimate of drug-likeness (QED) is 0.712. The van der Waals surface area contributed by atoms with Crippen LogP contribution in [0, 0.1) is 23.2 Å². The van der Waals surface area contributed by atoms with Gasteiger partial charge in [0.05, 0.1) is 6.42 Å². The van der Waals surface area contributed by atoms with Gasteiger partial charge in [-0.25, -0.2) is 0 Å². The summed E-state index contributed by atoms with van der Waals surface area (Å²) in [5, 5.41) is 8.89. The van der Waals surface area contributed by atoms with Gasteiger partial charge in [0.1, 0.15) is 0 Å². The Hall–Kier alpha value is -0.530. The lowest BCUT2D eigenvalue weighted by atomic mass is 9.66. The Morgan fingerprint density at radius 3 is 2.69 bits per heavy atom. The lowest BCUT2D eigenvalue weighted by Crippen LogP contribution is -2.34. The summed E-state index contributed by atoms with van der Waals surface area (Å²) >= 11 is 0. The van der Waals surface area contributed by atoms with Crippen molar-refractivity contribution in [2.75, 3.05) is 0 Å². The first-order valence-electron chi connectivity index (χ1n) is 5.26. The van der Waals surface area contributed by atoms with Crippen molar-refractivity contribution in [3.05, 3.63) is 0 Å². The highest BCUT2D eigenvalue weighted by atomic mass is 16.4. The van der Waals surface area contributed by atoms with Gasteiger partial charge in [-0.3, -0.25) is 4.79 Å². The van der Waals surface area contributed by atoms with Crippen LogP contribution in [0.1, 0.15) is 39.5 Å². The number of aliphatic carboxylic acids is 1. The molecule has 2 nitrogen and oxygen atoms in total. The number of carbonyl (C=O) groups is 1. The summed E-state index contributed by atoms with van der Waals surface area (Å²) < 4.78 is 0. The SMILES string of the molecule is CC1C2CCC(C2)C1(C)CC(=O)O. The van der Waals surface area contributed by atoms with Crippen molar-refractivity contribution in [2.45, 2.75) is 39.5 Å². The zero-order valence-corrected chi connectivity index (χ0v) is 8.42. The predicted molar refractivity (Wildman–Crippen MR) is 50.4 cm³/mol. The van der Waals surface area contributed by atoms with Crippen molar-refractivity contribution in [3.63, 3.8) is 0 Å². The van der Waals surface area contributed by atoms with Crippen molar-refractivity contribution in [1.29, 1.82) is 0 Å². The molecule has 4 unspecified atom stereocenters. The van der Waals surface area contributed by atoms with Gasteiger partial charge < -0.3 is 5.11 Å². The van der Waals surface area contributed by atoms with E-state index >= 15 is 0 Å². The van der Waals surface area contributed by atoms with Crippen LogP contribution in [-0.2, 0) is 4.79 Å². The molecule has 0 amide bonds. The molecule has 0 aliphatic heterocycles. The molecule has 0 saturated heterocycles. The predicted octanol–water partition coefficient (Wildman–Crippen LogP) is 2.53. The molecule has 74 valence electrons. The summed E-state index contributed by atoms with van der Waals surface area (Å²) in [6, 6.07) is 0. The van der Waals surface area contributed by atoms with E-state index in [1.807, 2.05) is 0 Å². The Morgan fingerprint density at radius 1 is 1.54 bits per heavy atom. The van der Waals surface area contributed by atoms with Crippen molar-refractivity contribution < 1.29 is 9.90 Å². The van der Waals surface area contributed by atoms with E-state index in [-0.39, 0.29) is 5.41 Å². The minimum Gasteiger partial charge on any atom is -0.481 e. The van der Waals surface area contributed by atoms with E-state index in [1.165, 1.54) is 19.3 Å². The fourth-order valence-electron chi connectivity index (χ4n) is 3.61. The highest BCUT2D eigenvalue weighted by Crippen LogP contribution is 2.60. The summed E-state index contributed by atoms with van der Waals surface area (Å²) in [6.45, 7) is 4.42. The second-order valence-electron chi connectivity index (χ2n) is 5.14. The van der Waals surface area contributed by atoms with Crippen molar-refractivity contribution in [1.82, 2.24) is 0 Å². The second-order valence-corrected chi connectivity index (χ2v) is 5.14. The standard InChI is InChI=1S/C11H18O2/c1-7-8-3-4-9(5-8)11(7,2)6-10(12)13/h7-9H,3-6H2,1-2H3,(H,12,13). The van der Waals surface area contributed by atoms with E-state index in [1.54, 1.807) is 0 Å². The van der Waals surface area contributed by atoms with Crippen LogP contribution in [0.4, 0.5) is 0 Å². The maximum absolute atomic E-state index is 10.8. The van der Waals surface area contributed by atoms with Gasteiger partial charge in [-0.2, -0.15) is 0 Å².